The van der Waals surface area contributed by atoms with Gasteiger partial charge >= 0.3 is 0 Å². The number of hydrogen-bond donors (Lipinski definition) is 2. The Morgan fingerprint density at radius 2 is 1.84 bits per heavy atom. The van der Waals surface area contributed by atoms with Crippen LogP contribution in [0.5, 0.6) is 11.5 Å². The molecule has 2 N–H and O–H groups in total. The monoisotopic (exact) mass is 478 g/mol. The standard InChI is InChI=1S/C22H26N2O6S2/c1-29-15-6-8-16(9-7-15)30-12-19(25)24-22-20(17-4-2-3-5-18(17)31-22)21(26)23-14-10-11-32(27,28)13-14/h6-9,14H,2-5,10-13H2,1H3,(H,23,26)(H,24,25)/t14-/m1/s1. The minimum Gasteiger partial charge on any atom is -0.497 e. The Bertz CT molecular complexity index is 1110. The normalized spacial score (nSPS) is 19.1. The van der Waals surface area contributed by atoms with Gasteiger partial charge in [0, 0.05) is 10.9 Å². The van der Waals surface area contributed by atoms with Gasteiger partial charge in [0.2, 0.25) is 0 Å². The Hall–Kier alpha value is -2.59. The van der Waals surface area contributed by atoms with Gasteiger partial charge in [-0.05, 0) is 61.9 Å². The molecule has 172 valence electrons. The second kappa shape index (κ2) is 9.50. The number of carbonyl (C=O) groups excluding carboxylic acids is 2. The molecule has 2 aliphatic rings. The predicted octanol–water partition coefficient (Wildman–Crippen LogP) is 2.57. The van der Waals surface area contributed by atoms with Crippen LogP contribution in [0.15, 0.2) is 24.3 Å². The Kier molecular flexibility index (Phi) is 6.71. The lowest BCUT2D eigenvalue weighted by molar-refractivity contribution is -0.118. The third kappa shape index (κ3) is 5.24. The minimum atomic E-state index is -3.10. The van der Waals surface area contributed by atoms with E-state index in [2.05, 4.69) is 10.6 Å². The Morgan fingerprint density at radius 1 is 1.12 bits per heavy atom. The summed E-state index contributed by atoms with van der Waals surface area (Å²) in [6.07, 6.45) is 4.09. The van der Waals surface area contributed by atoms with Crippen LogP contribution in [0.3, 0.4) is 0 Å². The maximum absolute atomic E-state index is 13.1. The van der Waals surface area contributed by atoms with Crippen molar-refractivity contribution < 1.29 is 27.5 Å². The number of thiophene rings is 1. The molecule has 0 bridgehead atoms. The Labute approximate surface area is 191 Å². The molecule has 1 atom stereocenters. The first kappa shape index (κ1) is 22.6. The van der Waals surface area contributed by atoms with E-state index in [-0.39, 0.29) is 29.9 Å². The summed E-state index contributed by atoms with van der Waals surface area (Å²) in [7, 11) is -1.53. The van der Waals surface area contributed by atoms with E-state index in [1.807, 2.05) is 0 Å². The summed E-state index contributed by atoms with van der Waals surface area (Å²) in [5.74, 6) is 0.590. The van der Waals surface area contributed by atoms with Crippen LogP contribution in [0.25, 0.3) is 0 Å². The van der Waals surface area contributed by atoms with Gasteiger partial charge in [0.1, 0.15) is 16.5 Å². The molecule has 1 aromatic heterocycles. The van der Waals surface area contributed by atoms with Gasteiger partial charge in [-0.15, -0.1) is 11.3 Å². The highest BCUT2D eigenvalue weighted by atomic mass is 32.2. The lowest BCUT2D eigenvalue weighted by Gasteiger charge is -2.15. The third-order valence-electron chi connectivity index (χ3n) is 5.65. The molecule has 1 fully saturated rings. The van der Waals surface area contributed by atoms with Crippen LogP contribution in [0.2, 0.25) is 0 Å². The number of carbonyl (C=O) groups is 2. The fourth-order valence-electron chi connectivity index (χ4n) is 4.04. The number of amides is 2. The van der Waals surface area contributed by atoms with Crippen molar-refractivity contribution in [3.63, 3.8) is 0 Å². The van der Waals surface area contributed by atoms with Gasteiger partial charge < -0.3 is 20.1 Å². The smallest absolute Gasteiger partial charge is 0.262 e. The lowest BCUT2D eigenvalue weighted by atomic mass is 9.95. The average molecular weight is 479 g/mol. The van der Waals surface area contributed by atoms with Crippen molar-refractivity contribution in [3.05, 3.63) is 40.3 Å². The maximum Gasteiger partial charge on any atom is 0.262 e. The first-order chi connectivity index (χ1) is 15.3. The molecule has 0 unspecified atom stereocenters. The molecular weight excluding hydrogens is 452 g/mol. The Balaban J connectivity index is 1.46. The summed E-state index contributed by atoms with van der Waals surface area (Å²) in [6, 6.07) is 6.52. The molecule has 1 aromatic carbocycles. The van der Waals surface area contributed by atoms with E-state index in [0.29, 0.717) is 28.5 Å². The van der Waals surface area contributed by atoms with E-state index in [1.165, 1.54) is 11.3 Å². The maximum atomic E-state index is 13.1. The van der Waals surface area contributed by atoms with Crippen LogP contribution in [-0.2, 0) is 27.5 Å². The summed E-state index contributed by atoms with van der Waals surface area (Å²) in [5, 5.41) is 6.20. The third-order valence-corrected chi connectivity index (χ3v) is 8.62. The number of benzene rings is 1. The molecule has 0 spiro atoms. The van der Waals surface area contributed by atoms with Crippen molar-refractivity contribution in [1.82, 2.24) is 5.32 Å². The summed E-state index contributed by atoms with van der Waals surface area (Å²) in [4.78, 5) is 26.8. The number of methoxy groups -OCH3 is 1. The second-order valence-corrected chi connectivity index (χ2v) is 11.3. The molecule has 2 amide bonds. The van der Waals surface area contributed by atoms with E-state index < -0.39 is 15.9 Å². The minimum absolute atomic E-state index is 0.0392. The molecule has 2 heterocycles. The molecule has 1 aliphatic carbocycles. The van der Waals surface area contributed by atoms with Crippen LogP contribution in [-0.4, -0.2) is 51.5 Å². The largest absolute Gasteiger partial charge is 0.497 e. The predicted molar refractivity (Wildman–Crippen MR) is 123 cm³/mol. The number of fused-ring (bicyclic) bond motifs is 1. The molecule has 2 aromatic rings. The van der Waals surface area contributed by atoms with Gasteiger partial charge in [-0.25, -0.2) is 8.42 Å². The highest BCUT2D eigenvalue weighted by Crippen LogP contribution is 2.38. The zero-order valence-corrected chi connectivity index (χ0v) is 19.4. The molecule has 1 aliphatic heterocycles. The summed E-state index contributed by atoms with van der Waals surface area (Å²) in [5.41, 5.74) is 1.43. The van der Waals surface area contributed by atoms with Crippen LogP contribution in [0.1, 0.15) is 40.1 Å². The molecular formula is C22H26N2O6S2. The average Bonchev–Trinajstić information content (AvgIpc) is 3.31. The van der Waals surface area contributed by atoms with Crippen molar-refractivity contribution in [2.45, 2.75) is 38.1 Å². The van der Waals surface area contributed by atoms with Crippen LogP contribution < -0.4 is 20.1 Å². The van der Waals surface area contributed by atoms with E-state index in [1.54, 1.807) is 31.4 Å². The first-order valence-electron chi connectivity index (χ1n) is 10.6. The molecule has 10 heteroatoms. The van der Waals surface area contributed by atoms with Crippen LogP contribution in [0.4, 0.5) is 5.00 Å². The van der Waals surface area contributed by atoms with Crippen molar-refractivity contribution >= 4 is 38.0 Å². The first-order valence-corrected chi connectivity index (χ1v) is 13.2. The molecule has 4 rings (SSSR count). The number of ether oxygens (including phenoxy) is 2. The summed E-state index contributed by atoms with van der Waals surface area (Å²) >= 11 is 1.42. The summed E-state index contributed by atoms with van der Waals surface area (Å²) < 4.78 is 34.1. The lowest BCUT2D eigenvalue weighted by Crippen LogP contribution is -2.36. The molecule has 8 nitrogen and oxygen atoms in total. The van der Waals surface area contributed by atoms with Gasteiger partial charge in [-0.1, -0.05) is 0 Å². The van der Waals surface area contributed by atoms with Crippen LogP contribution >= 0.6 is 11.3 Å². The van der Waals surface area contributed by atoms with E-state index in [9.17, 15) is 18.0 Å². The zero-order valence-electron chi connectivity index (χ0n) is 17.8. The van der Waals surface area contributed by atoms with Gasteiger partial charge in [-0.2, -0.15) is 0 Å². The highest BCUT2D eigenvalue weighted by Gasteiger charge is 2.32. The number of hydrogen-bond acceptors (Lipinski definition) is 7. The zero-order chi connectivity index (χ0) is 22.7. The quantitative estimate of drug-likeness (QED) is 0.633. The van der Waals surface area contributed by atoms with Crippen molar-refractivity contribution in [2.24, 2.45) is 0 Å². The number of anilines is 1. The highest BCUT2D eigenvalue weighted by molar-refractivity contribution is 7.91. The van der Waals surface area contributed by atoms with Crippen molar-refractivity contribution in [3.8, 4) is 11.5 Å². The van der Waals surface area contributed by atoms with Crippen molar-refractivity contribution in [1.29, 1.82) is 0 Å². The van der Waals surface area contributed by atoms with Gasteiger partial charge in [0.15, 0.2) is 16.4 Å². The number of rotatable bonds is 7. The van der Waals surface area contributed by atoms with E-state index >= 15 is 0 Å². The van der Waals surface area contributed by atoms with Gasteiger partial charge in [-0.3, -0.25) is 9.59 Å². The van der Waals surface area contributed by atoms with E-state index in [4.69, 9.17) is 9.47 Å². The van der Waals surface area contributed by atoms with Gasteiger partial charge in [0.25, 0.3) is 11.8 Å². The molecule has 0 radical (unpaired) electrons. The van der Waals surface area contributed by atoms with E-state index in [0.717, 1.165) is 36.1 Å². The SMILES string of the molecule is COc1ccc(OCC(=O)Nc2sc3c(c2C(=O)N[C@@H]2CCS(=O)(=O)C2)CCCC3)cc1. The molecule has 0 saturated carbocycles. The topological polar surface area (TPSA) is 111 Å². The fraction of sp³-hybridized carbons (Fsp3) is 0.455. The van der Waals surface area contributed by atoms with Crippen molar-refractivity contribution in [2.75, 3.05) is 30.5 Å². The fourth-order valence-corrected chi connectivity index (χ4v) is 7.02. The second-order valence-electron chi connectivity index (χ2n) is 8.00. The number of aryl methyl sites for hydroxylation is 1. The Morgan fingerprint density at radius 3 is 2.53 bits per heavy atom. The van der Waals surface area contributed by atoms with Gasteiger partial charge in [0.05, 0.1) is 24.2 Å². The number of sulfone groups is 1. The molecule has 1 saturated heterocycles. The summed E-state index contributed by atoms with van der Waals surface area (Å²) in [6.45, 7) is -0.198. The molecule has 32 heavy (non-hydrogen) atoms. The van der Waals surface area contributed by atoms with Crippen LogP contribution in [0, 0.1) is 0 Å². The number of nitrogens with one attached hydrogen (secondary N) is 2.